The summed E-state index contributed by atoms with van der Waals surface area (Å²) in [5.41, 5.74) is 17.4. The second-order valence-electron chi connectivity index (χ2n) is 8.83. The zero-order valence-corrected chi connectivity index (χ0v) is 26.3. The normalized spacial score (nSPS) is 10.4. The zero-order valence-electron chi connectivity index (χ0n) is 26.3. The van der Waals surface area contributed by atoms with Crippen LogP contribution in [0.3, 0.4) is 0 Å². The molecule has 2 aliphatic rings. The largest absolute Gasteiger partial charge is 0.0683 e. The van der Waals surface area contributed by atoms with E-state index in [1.165, 1.54) is 66.8 Å². The molecule has 0 aliphatic heterocycles. The Balaban J connectivity index is 0.000000302. The molecular formula is C38H52. The third-order valence-corrected chi connectivity index (χ3v) is 6.72. The van der Waals surface area contributed by atoms with Crippen molar-refractivity contribution in [2.45, 2.75) is 95.9 Å². The average Bonchev–Trinajstić information content (AvgIpc) is 3.54. The molecule has 0 nitrogen and oxygen atoms in total. The number of rotatable bonds is 0. The summed E-state index contributed by atoms with van der Waals surface area (Å²) < 4.78 is 0. The first-order chi connectivity index (χ1) is 18.5. The molecule has 0 N–H and O–H groups in total. The second kappa shape index (κ2) is 16.7. The van der Waals surface area contributed by atoms with Crippen LogP contribution in [-0.2, 0) is 12.8 Å². The van der Waals surface area contributed by atoms with Crippen molar-refractivity contribution in [2.24, 2.45) is 0 Å². The summed E-state index contributed by atoms with van der Waals surface area (Å²) in [6.07, 6.45) is 2.21. The maximum absolute atomic E-state index is 2.32. The summed E-state index contributed by atoms with van der Waals surface area (Å²) in [5, 5.41) is 0. The number of aryl methyl sites for hydroxylation is 3. The van der Waals surface area contributed by atoms with E-state index in [2.05, 4.69) is 100 Å². The quantitative estimate of drug-likeness (QED) is 0.191. The van der Waals surface area contributed by atoms with E-state index in [0.717, 1.165) is 12.8 Å². The molecule has 4 aromatic carbocycles. The maximum atomic E-state index is 2.32. The highest BCUT2D eigenvalue weighted by molar-refractivity contribution is 5.80. The van der Waals surface area contributed by atoms with E-state index in [9.17, 15) is 0 Å². The van der Waals surface area contributed by atoms with Crippen LogP contribution >= 0.6 is 0 Å². The van der Waals surface area contributed by atoms with Gasteiger partial charge < -0.3 is 0 Å². The highest BCUT2D eigenvalue weighted by Crippen LogP contribution is 2.40. The van der Waals surface area contributed by atoms with Crippen LogP contribution in [0.1, 0.15) is 99.9 Å². The first-order valence-electron chi connectivity index (χ1n) is 14.9. The Morgan fingerprint density at radius 1 is 0.421 bits per heavy atom. The molecule has 0 spiro atoms. The van der Waals surface area contributed by atoms with Gasteiger partial charge in [-0.1, -0.05) is 134 Å². The van der Waals surface area contributed by atoms with Crippen LogP contribution in [-0.4, -0.2) is 0 Å². The Labute approximate surface area is 235 Å². The third kappa shape index (κ3) is 7.25. The Hall–Kier alpha value is -3.12. The number of fused-ring (bicyclic) bond motifs is 6. The molecule has 38 heavy (non-hydrogen) atoms. The molecule has 4 aromatic rings. The van der Waals surface area contributed by atoms with Crippen molar-refractivity contribution in [3.63, 3.8) is 0 Å². The highest BCUT2D eigenvalue weighted by atomic mass is 14.2. The van der Waals surface area contributed by atoms with E-state index in [0.29, 0.717) is 0 Å². The van der Waals surface area contributed by atoms with Crippen LogP contribution in [0.15, 0.2) is 72.8 Å². The first kappa shape index (κ1) is 32.9. The minimum absolute atomic E-state index is 1.10. The van der Waals surface area contributed by atoms with Crippen LogP contribution in [0.4, 0.5) is 0 Å². The fourth-order valence-electron chi connectivity index (χ4n) is 5.22. The molecule has 0 saturated heterocycles. The summed E-state index contributed by atoms with van der Waals surface area (Å²) in [6.45, 7) is 24.8. The number of benzene rings is 4. The molecule has 0 heterocycles. The van der Waals surface area contributed by atoms with Crippen molar-refractivity contribution >= 4 is 0 Å². The van der Waals surface area contributed by atoms with Gasteiger partial charge in [0.1, 0.15) is 0 Å². The molecule has 6 rings (SSSR count). The standard InChI is InChI=1S/2C15H14.4C2H6/c1-10-7-11(2)15-13(8-10)9-12-5-3-4-6-14(12)15;1-10-7-8-13-9-12-5-3-4-6-14(12)15(13)11(10)2;4*1-2/h2*3-8H,9H2,1-2H3;4*1-2H3. The van der Waals surface area contributed by atoms with E-state index in [4.69, 9.17) is 0 Å². The van der Waals surface area contributed by atoms with E-state index < -0.39 is 0 Å². The SMILES string of the molecule is CC.CC.CC.CC.Cc1cc(C)c2c(c1)Cc1ccccc1-2.Cc1ccc2c(c1C)-c1ccccc1C2. The maximum Gasteiger partial charge on any atom is -0.00133 e. The lowest BCUT2D eigenvalue weighted by atomic mass is 9.97. The molecule has 2 aliphatic carbocycles. The highest BCUT2D eigenvalue weighted by Gasteiger charge is 2.20. The van der Waals surface area contributed by atoms with Crippen molar-refractivity contribution in [3.05, 3.63) is 117 Å². The molecule has 0 amide bonds. The molecule has 0 bridgehead atoms. The minimum Gasteiger partial charge on any atom is -0.0683 e. The van der Waals surface area contributed by atoms with Gasteiger partial charge in [-0.2, -0.15) is 0 Å². The van der Waals surface area contributed by atoms with Gasteiger partial charge in [0.05, 0.1) is 0 Å². The van der Waals surface area contributed by atoms with Crippen molar-refractivity contribution in [3.8, 4) is 22.3 Å². The predicted molar refractivity (Wildman–Crippen MR) is 174 cm³/mol. The summed E-state index contributed by atoms with van der Waals surface area (Å²) in [6, 6.07) is 26.6. The molecule has 0 saturated carbocycles. The summed E-state index contributed by atoms with van der Waals surface area (Å²) >= 11 is 0. The van der Waals surface area contributed by atoms with Crippen molar-refractivity contribution < 1.29 is 0 Å². The second-order valence-corrected chi connectivity index (χ2v) is 8.83. The average molecular weight is 509 g/mol. The number of hydrogen-bond donors (Lipinski definition) is 0. The Bertz CT molecular complexity index is 1270. The minimum atomic E-state index is 1.10. The molecule has 0 heteroatoms. The topological polar surface area (TPSA) is 0 Å². The molecule has 0 aromatic heterocycles. The van der Waals surface area contributed by atoms with Gasteiger partial charge in [-0.05, 0) is 102 Å². The smallest absolute Gasteiger partial charge is 0.00133 e. The Morgan fingerprint density at radius 3 is 1.45 bits per heavy atom. The molecule has 0 fully saturated rings. The van der Waals surface area contributed by atoms with E-state index in [1.54, 1.807) is 0 Å². The van der Waals surface area contributed by atoms with Gasteiger partial charge in [0.25, 0.3) is 0 Å². The van der Waals surface area contributed by atoms with Crippen molar-refractivity contribution in [1.82, 2.24) is 0 Å². The van der Waals surface area contributed by atoms with Gasteiger partial charge in [-0.25, -0.2) is 0 Å². The van der Waals surface area contributed by atoms with Gasteiger partial charge in [-0.3, -0.25) is 0 Å². The first-order valence-corrected chi connectivity index (χ1v) is 14.9. The monoisotopic (exact) mass is 508 g/mol. The summed E-state index contributed by atoms with van der Waals surface area (Å²) in [5.74, 6) is 0. The van der Waals surface area contributed by atoms with Crippen LogP contribution in [0.25, 0.3) is 22.3 Å². The molecular weight excluding hydrogens is 456 g/mol. The summed E-state index contributed by atoms with van der Waals surface area (Å²) in [4.78, 5) is 0. The molecule has 0 unspecified atom stereocenters. The van der Waals surface area contributed by atoms with Gasteiger partial charge in [0, 0.05) is 0 Å². The zero-order chi connectivity index (χ0) is 28.8. The fourth-order valence-corrected chi connectivity index (χ4v) is 5.22. The Kier molecular flexibility index (Phi) is 14.4. The van der Waals surface area contributed by atoms with E-state index >= 15 is 0 Å². The van der Waals surface area contributed by atoms with Crippen LogP contribution in [0.2, 0.25) is 0 Å². The molecule has 0 atom stereocenters. The predicted octanol–water partition coefficient (Wildman–Crippen LogP) is 11.9. The lowest BCUT2D eigenvalue weighted by Crippen LogP contribution is -1.87. The lowest BCUT2D eigenvalue weighted by Gasteiger charge is -2.08. The Morgan fingerprint density at radius 2 is 0.895 bits per heavy atom. The molecule has 0 radical (unpaired) electrons. The van der Waals surface area contributed by atoms with Gasteiger partial charge in [-0.15, -0.1) is 0 Å². The fraction of sp³-hybridized carbons (Fsp3) is 0.368. The van der Waals surface area contributed by atoms with Crippen LogP contribution in [0.5, 0.6) is 0 Å². The summed E-state index contributed by atoms with van der Waals surface area (Å²) in [7, 11) is 0. The van der Waals surface area contributed by atoms with Gasteiger partial charge in [0.2, 0.25) is 0 Å². The van der Waals surface area contributed by atoms with E-state index in [1.807, 2.05) is 55.4 Å². The van der Waals surface area contributed by atoms with Crippen molar-refractivity contribution in [1.29, 1.82) is 0 Å². The van der Waals surface area contributed by atoms with Crippen LogP contribution in [0, 0.1) is 27.7 Å². The lowest BCUT2D eigenvalue weighted by molar-refractivity contribution is 1.24. The molecule has 204 valence electrons. The van der Waals surface area contributed by atoms with Crippen LogP contribution < -0.4 is 0 Å². The van der Waals surface area contributed by atoms with Gasteiger partial charge in [0.15, 0.2) is 0 Å². The van der Waals surface area contributed by atoms with Gasteiger partial charge >= 0.3 is 0 Å². The van der Waals surface area contributed by atoms with E-state index in [-0.39, 0.29) is 0 Å². The third-order valence-electron chi connectivity index (χ3n) is 6.72. The van der Waals surface area contributed by atoms with Crippen molar-refractivity contribution in [2.75, 3.05) is 0 Å². The number of hydrogen-bond acceptors (Lipinski definition) is 0.